The molecular weight excluding hydrogens is 276 g/mol. The quantitative estimate of drug-likeness (QED) is 0.635. The molecule has 2 aromatic rings. The standard InChI is InChI=1S/C12H14N6O3/c1-7(2)17-6-8(4-15-17)16-12-10(11(13)19)3-9(5-14-12)18(20)21/h3-7H,1-2H3,(H2,13,19)(H,14,16). The van der Waals surface area contributed by atoms with Crippen molar-refractivity contribution in [3.8, 4) is 0 Å². The number of nitrogens with two attached hydrogens (primary N) is 1. The Morgan fingerprint density at radius 1 is 1.48 bits per heavy atom. The van der Waals surface area contributed by atoms with Gasteiger partial charge in [0, 0.05) is 18.3 Å². The first kappa shape index (κ1) is 14.4. The summed E-state index contributed by atoms with van der Waals surface area (Å²) in [6.45, 7) is 3.94. The summed E-state index contributed by atoms with van der Waals surface area (Å²) in [7, 11) is 0. The maximum absolute atomic E-state index is 11.4. The second-order valence-electron chi connectivity index (χ2n) is 4.64. The van der Waals surface area contributed by atoms with Crippen LogP contribution in [0.3, 0.4) is 0 Å². The third-order valence-corrected chi connectivity index (χ3v) is 2.74. The minimum atomic E-state index is -0.801. The van der Waals surface area contributed by atoms with Gasteiger partial charge in [-0.1, -0.05) is 0 Å². The summed E-state index contributed by atoms with van der Waals surface area (Å²) in [6, 6.07) is 1.27. The average Bonchev–Trinajstić information content (AvgIpc) is 2.87. The van der Waals surface area contributed by atoms with Crippen LogP contribution in [0.5, 0.6) is 0 Å². The van der Waals surface area contributed by atoms with Crippen LogP contribution in [-0.4, -0.2) is 25.6 Å². The second kappa shape index (κ2) is 5.57. The number of carbonyl (C=O) groups is 1. The minimum absolute atomic E-state index is 0.0542. The van der Waals surface area contributed by atoms with Crippen molar-refractivity contribution < 1.29 is 9.72 Å². The number of rotatable bonds is 5. The Morgan fingerprint density at radius 3 is 2.71 bits per heavy atom. The number of carbonyl (C=O) groups excluding carboxylic acids is 1. The molecule has 0 unspecified atom stereocenters. The van der Waals surface area contributed by atoms with Gasteiger partial charge in [0.15, 0.2) is 0 Å². The van der Waals surface area contributed by atoms with Crippen molar-refractivity contribution >= 4 is 23.1 Å². The largest absolute Gasteiger partial charge is 0.365 e. The molecule has 2 rings (SSSR count). The predicted molar refractivity (Wildman–Crippen MR) is 75.3 cm³/mol. The van der Waals surface area contributed by atoms with E-state index in [9.17, 15) is 14.9 Å². The Balaban J connectivity index is 2.34. The number of amides is 1. The first-order valence-corrected chi connectivity index (χ1v) is 6.14. The van der Waals surface area contributed by atoms with Gasteiger partial charge >= 0.3 is 0 Å². The van der Waals surface area contributed by atoms with E-state index < -0.39 is 10.8 Å². The molecule has 2 heterocycles. The average molecular weight is 290 g/mol. The number of nitro groups is 1. The lowest BCUT2D eigenvalue weighted by Gasteiger charge is -2.07. The summed E-state index contributed by atoms with van der Waals surface area (Å²) in [4.78, 5) is 25.3. The highest BCUT2D eigenvalue weighted by Gasteiger charge is 2.16. The van der Waals surface area contributed by atoms with E-state index in [1.54, 1.807) is 17.1 Å². The molecule has 0 aliphatic heterocycles. The molecule has 0 aliphatic carbocycles. The molecule has 0 aromatic carbocycles. The van der Waals surface area contributed by atoms with E-state index in [-0.39, 0.29) is 23.1 Å². The Hall–Kier alpha value is -2.97. The first-order chi connectivity index (χ1) is 9.88. The molecule has 3 N–H and O–H groups in total. The van der Waals surface area contributed by atoms with Gasteiger partial charge in [-0.25, -0.2) is 4.98 Å². The van der Waals surface area contributed by atoms with Gasteiger partial charge < -0.3 is 11.1 Å². The molecule has 0 aliphatic rings. The van der Waals surface area contributed by atoms with Crippen LogP contribution in [0.2, 0.25) is 0 Å². The highest BCUT2D eigenvalue weighted by atomic mass is 16.6. The molecule has 9 heteroatoms. The normalized spacial score (nSPS) is 10.6. The zero-order valence-electron chi connectivity index (χ0n) is 11.5. The van der Waals surface area contributed by atoms with Crippen LogP contribution in [0.1, 0.15) is 30.2 Å². The number of anilines is 2. The van der Waals surface area contributed by atoms with E-state index in [2.05, 4.69) is 15.4 Å². The number of hydrogen-bond acceptors (Lipinski definition) is 6. The Kier molecular flexibility index (Phi) is 3.83. The lowest BCUT2D eigenvalue weighted by atomic mass is 10.2. The van der Waals surface area contributed by atoms with Gasteiger partial charge in [-0.2, -0.15) is 5.10 Å². The summed E-state index contributed by atoms with van der Waals surface area (Å²) >= 11 is 0. The van der Waals surface area contributed by atoms with Crippen molar-refractivity contribution in [2.75, 3.05) is 5.32 Å². The fraction of sp³-hybridized carbons (Fsp3) is 0.250. The van der Waals surface area contributed by atoms with Crippen LogP contribution >= 0.6 is 0 Å². The minimum Gasteiger partial charge on any atom is -0.365 e. The van der Waals surface area contributed by atoms with Gasteiger partial charge in [-0.05, 0) is 13.8 Å². The fourth-order valence-electron chi connectivity index (χ4n) is 1.66. The van der Waals surface area contributed by atoms with E-state index in [1.807, 2.05) is 13.8 Å². The lowest BCUT2D eigenvalue weighted by molar-refractivity contribution is -0.385. The number of pyridine rings is 1. The zero-order chi connectivity index (χ0) is 15.6. The monoisotopic (exact) mass is 290 g/mol. The van der Waals surface area contributed by atoms with Gasteiger partial charge in [-0.3, -0.25) is 19.6 Å². The molecule has 9 nitrogen and oxygen atoms in total. The third-order valence-electron chi connectivity index (χ3n) is 2.74. The topological polar surface area (TPSA) is 129 Å². The number of aromatic nitrogens is 3. The lowest BCUT2D eigenvalue weighted by Crippen LogP contribution is -2.14. The maximum atomic E-state index is 11.4. The van der Waals surface area contributed by atoms with Gasteiger partial charge in [0.05, 0.1) is 22.4 Å². The summed E-state index contributed by atoms with van der Waals surface area (Å²) in [5, 5.41) is 17.7. The number of nitrogens with zero attached hydrogens (tertiary/aromatic N) is 4. The highest BCUT2D eigenvalue weighted by Crippen LogP contribution is 2.22. The molecular formula is C12H14N6O3. The fourth-order valence-corrected chi connectivity index (χ4v) is 1.66. The summed E-state index contributed by atoms with van der Waals surface area (Å²) < 4.78 is 1.72. The Bertz CT molecular complexity index is 694. The van der Waals surface area contributed by atoms with Crippen LogP contribution in [0.4, 0.5) is 17.2 Å². The van der Waals surface area contributed by atoms with Crippen LogP contribution in [0, 0.1) is 10.1 Å². The molecule has 0 spiro atoms. The molecule has 0 bridgehead atoms. The van der Waals surface area contributed by atoms with E-state index in [0.29, 0.717) is 5.69 Å². The third kappa shape index (κ3) is 3.14. The maximum Gasteiger partial charge on any atom is 0.288 e. The molecule has 0 atom stereocenters. The first-order valence-electron chi connectivity index (χ1n) is 6.14. The number of primary amides is 1. The molecule has 110 valence electrons. The molecule has 0 fully saturated rings. The Morgan fingerprint density at radius 2 is 2.19 bits per heavy atom. The molecule has 0 radical (unpaired) electrons. The van der Waals surface area contributed by atoms with Crippen molar-refractivity contribution in [2.24, 2.45) is 5.73 Å². The van der Waals surface area contributed by atoms with Crippen molar-refractivity contribution in [2.45, 2.75) is 19.9 Å². The van der Waals surface area contributed by atoms with Crippen molar-refractivity contribution in [1.29, 1.82) is 0 Å². The highest BCUT2D eigenvalue weighted by molar-refractivity contribution is 5.98. The summed E-state index contributed by atoms with van der Waals surface area (Å²) in [5.74, 6) is -0.652. The van der Waals surface area contributed by atoms with E-state index in [1.165, 1.54) is 0 Å². The van der Waals surface area contributed by atoms with Gasteiger partial charge in [0.25, 0.3) is 11.6 Å². The predicted octanol–water partition coefficient (Wildman–Crippen LogP) is 1.61. The molecule has 21 heavy (non-hydrogen) atoms. The van der Waals surface area contributed by atoms with Crippen LogP contribution < -0.4 is 11.1 Å². The van der Waals surface area contributed by atoms with Gasteiger partial charge in [0.1, 0.15) is 12.0 Å². The zero-order valence-corrected chi connectivity index (χ0v) is 11.5. The molecule has 0 saturated carbocycles. The van der Waals surface area contributed by atoms with Crippen LogP contribution in [0.25, 0.3) is 0 Å². The van der Waals surface area contributed by atoms with Gasteiger partial charge in [0.2, 0.25) is 0 Å². The number of hydrogen-bond donors (Lipinski definition) is 2. The molecule has 1 amide bonds. The van der Waals surface area contributed by atoms with E-state index in [0.717, 1.165) is 12.3 Å². The van der Waals surface area contributed by atoms with Gasteiger partial charge in [-0.15, -0.1) is 0 Å². The van der Waals surface area contributed by atoms with Crippen LogP contribution in [0.15, 0.2) is 24.7 Å². The smallest absolute Gasteiger partial charge is 0.288 e. The SMILES string of the molecule is CC(C)n1cc(Nc2ncc([N+](=O)[O-])cc2C(N)=O)cn1. The van der Waals surface area contributed by atoms with Crippen molar-refractivity contribution in [3.05, 3.63) is 40.3 Å². The van der Waals surface area contributed by atoms with E-state index in [4.69, 9.17) is 5.73 Å². The van der Waals surface area contributed by atoms with E-state index >= 15 is 0 Å². The molecule has 0 saturated heterocycles. The summed E-state index contributed by atoms with van der Waals surface area (Å²) in [6.07, 6.45) is 4.36. The summed E-state index contributed by atoms with van der Waals surface area (Å²) in [5.41, 5.74) is 5.48. The molecule has 2 aromatic heterocycles. The van der Waals surface area contributed by atoms with Crippen LogP contribution in [-0.2, 0) is 0 Å². The van der Waals surface area contributed by atoms with Crippen molar-refractivity contribution in [1.82, 2.24) is 14.8 Å². The number of nitrogens with one attached hydrogen (secondary N) is 1. The van der Waals surface area contributed by atoms with Crippen molar-refractivity contribution in [3.63, 3.8) is 0 Å². The second-order valence-corrected chi connectivity index (χ2v) is 4.64. The Labute approximate surface area is 119 Å².